The number of hydrogen-bond acceptors (Lipinski definition) is 5. The van der Waals surface area contributed by atoms with E-state index < -0.39 is 30.4 Å². The Labute approximate surface area is 143 Å². The molecule has 0 unspecified atom stereocenters. The fourth-order valence-corrected chi connectivity index (χ4v) is 1.85. The minimum absolute atomic E-state index is 0.00392. The van der Waals surface area contributed by atoms with E-state index >= 15 is 0 Å². The molecule has 2 aromatic rings. The van der Waals surface area contributed by atoms with Gasteiger partial charge in [-0.1, -0.05) is 12.1 Å². The van der Waals surface area contributed by atoms with Crippen LogP contribution in [0.2, 0.25) is 0 Å². The highest BCUT2D eigenvalue weighted by atomic mass is 19.1. The number of rotatable bonds is 6. The second-order valence-corrected chi connectivity index (χ2v) is 5.03. The number of halogens is 1. The van der Waals surface area contributed by atoms with Crippen LogP contribution >= 0.6 is 0 Å². The maximum atomic E-state index is 13.5. The molecule has 0 aromatic heterocycles. The van der Waals surface area contributed by atoms with Crippen LogP contribution in [-0.4, -0.2) is 24.6 Å². The summed E-state index contributed by atoms with van der Waals surface area (Å²) < 4.78 is 23.6. The quantitative estimate of drug-likeness (QED) is 0.815. The molecule has 0 saturated carbocycles. The van der Waals surface area contributed by atoms with Crippen LogP contribution in [0.3, 0.4) is 0 Å². The van der Waals surface area contributed by atoms with Gasteiger partial charge in [0.1, 0.15) is 11.6 Å². The van der Waals surface area contributed by atoms with Crippen LogP contribution in [0.1, 0.15) is 12.5 Å². The third kappa shape index (κ3) is 5.32. The smallest absolute Gasteiger partial charge is 0.344 e. The summed E-state index contributed by atoms with van der Waals surface area (Å²) in [7, 11) is 0. The Balaban J connectivity index is 1.81. The van der Waals surface area contributed by atoms with E-state index in [9.17, 15) is 14.0 Å². The van der Waals surface area contributed by atoms with Crippen molar-refractivity contribution >= 4 is 17.6 Å². The average molecular weight is 342 g/mol. The Bertz CT molecular complexity index is 799. The Morgan fingerprint density at radius 3 is 2.52 bits per heavy atom. The maximum Gasteiger partial charge on any atom is 0.344 e. The van der Waals surface area contributed by atoms with Crippen molar-refractivity contribution in [2.24, 2.45) is 0 Å². The molecule has 0 aliphatic heterocycles. The van der Waals surface area contributed by atoms with Gasteiger partial charge in [0.15, 0.2) is 12.7 Å². The summed E-state index contributed by atoms with van der Waals surface area (Å²) in [5.74, 6) is -1.60. The molecule has 128 valence electrons. The number of benzene rings is 2. The molecule has 0 fully saturated rings. The fraction of sp³-hybridized carbons (Fsp3) is 0.167. The Hall–Kier alpha value is -3.40. The molecular weight excluding hydrogens is 327 g/mol. The van der Waals surface area contributed by atoms with Crippen LogP contribution in [0, 0.1) is 17.1 Å². The van der Waals surface area contributed by atoms with Gasteiger partial charge in [-0.3, -0.25) is 4.79 Å². The number of carbonyl (C=O) groups excluding carboxylic acids is 2. The first-order valence-electron chi connectivity index (χ1n) is 7.37. The first-order chi connectivity index (χ1) is 12.0. The molecule has 6 nitrogen and oxygen atoms in total. The number of carbonyl (C=O) groups is 2. The second kappa shape index (κ2) is 8.45. The van der Waals surface area contributed by atoms with Gasteiger partial charge in [0.05, 0.1) is 17.3 Å². The second-order valence-electron chi connectivity index (χ2n) is 5.03. The Morgan fingerprint density at radius 2 is 1.88 bits per heavy atom. The number of nitriles is 1. The normalized spacial score (nSPS) is 11.1. The molecule has 0 aliphatic carbocycles. The van der Waals surface area contributed by atoms with Crippen molar-refractivity contribution in [3.8, 4) is 11.8 Å². The summed E-state index contributed by atoms with van der Waals surface area (Å²) in [6.07, 6.45) is -1.11. The van der Waals surface area contributed by atoms with Crippen LogP contribution < -0.4 is 10.1 Å². The first-order valence-corrected chi connectivity index (χ1v) is 7.37. The summed E-state index contributed by atoms with van der Waals surface area (Å²) in [6.45, 7) is 0.971. The molecule has 2 rings (SSSR count). The summed E-state index contributed by atoms with van der Waals surface area (Å²) in [5, 5.41) is 11.0. The maximum absolute atomic E-state index is 13.5. The minimum atomic E-state index is -1.11. The van der Waals surface area contributed by atoms with Crippen LogP contribution in [0.15, 0.2) is 48.5 Å². The van der Waals surface area contributed by atoms with Gasteiger partial charge in [0, 0.05) is 0 Å². The van der Waals surface area contributed by atoms with Crippen molar-refractivity contribution < 1.29 is 23.5 Å². The van der Waals surface area contributed by atoms with E-state index in [1.54, 1.807) is 30.3 Å². The zero-order valence-electron chi connectivity index (χ0n) is 13.4. The summed E-state index contributed by atoms with van der Waals surface area (Å²) in [5.41, 5.74) is 0.470. The molecule has 0 heterocycles. The van der Waals surface area contributed by atoms with E-state index in [4.69, 9.17) is 14.7 Å². The molecule has 2 aromatic carbocycles. The third-order valence-electron chi connectivity index (χ3n) is 3.15. The van der Waals surface area contributed by atoms with Crippen molar-refractivity contribution in [2.45, 2.75) is 13.0 Å². The van der Waals surface area contributed by atoms with E-state index in [0.29, 0.717) is 11.3 Å². The van der Waals surface area contributed by atoms with Crippen molar-refractivity contribution in [1.82, 2.24) is 0 Å². The lowest BCUT2D eigenvalue weighted by molar-refractivity contribution is -0.155. The van der Waals surface area contributed by atoms with Gasteiger partial charge in [-0.15, -0.1) is 0 Å². The highest BCUT2D eigenvalue weighted by molar-refractivity contribution is 5.95. The van der Waals surface area contributed by atoms with Crippen LogP contribution in [0.25, 0.3) is 0 Å². The van der Waals surface area contributed by atoms with Crippen molar-refractivity contribution in [2.75, 3.05) is 11.9 Å². The largest absolute Gasteiger partial charge is 0.482 e. The predicted octanol–water partition coefficient (Wildman–Crippen LogP) is 2.65. The summed E-state index contributed by atoms with van der Waals surface area (Å²) in [4.78, 5) is 23.6. The Kier molecular flexibility index (Phi) is 6.07. The molecule has 1 atom stereocenters. The highest BCUT2D eigenvalue weighted by Crippen LogP contribution is 2.14. The monoisotopic (exact) mass is 342 g/mol. The van der Waals surface area contributed by atoms with Crippen molar-refractivity contribution in [3.63, 3.8) is 0 Å². The summed E-state index contributed by atoms with van der Waals surface area (Å²) >= 11 is 0. The summed E-state index contributed by atoms with van der Waals surface area (Å²) in [6, 6.07) is 13.8. The predicted molar refractivity (Wildman–Crippen MR) is 87.2 cm³/mol. The van der Waals surface area contributed by atoms with Gasteiger partial charge in [-0.25, -0.2) is 9.18 Å². The van der Waals surface area contributed by atoms with E-state index in [0.717, 1.165) is 0 Å². The van der Waals surface area contributed by atoms with Gasteiger partial charge < -0.3 is 14.8 Å². The van der Waals surface area contributed by atoms with Crippen LogP contribution in [0.5, 0.6) is 5.75 Å². The molecule has 0 spiro atoms. The number of para-hydroxylation sites is 1. The zero-order valence-corrected chi connectivity index (χ0v) is 13.4. The average Bonchev–Trinajstić information content (AvgIpc) is 2.62. The topological polar surface area (TPSA) is 88.4 Å². The standard InChI is InChI=1S/C18H15FN2O4/c1-12(18(23)21-16-5-3-2-4-15(16)19)25-17(22)11-24-14-8-6-13(10-20)7-9-14/h2-9,12H,11H2,1H3,(H,21,23)/t12-/m1/s1. The lowest BCUT2D eigenvalue weighted by Crippen LogP contribution is -2.31. The van der Waals surface area contributed by atoms with E-state index in [1.807, 2.05) is 6.07 Å². The Morgan fingerprint density at radius 1 is 1.20 bits per heavy atom. The lowest BCUT2D eigenvalue weighted by atomic mass is 10.2. The lowest BCUT2D eigenvalue weighted by Gasteiger charge is -2.14. The molecule has 0 aliphatic rings. The number of anilines is 1. The molecule has 0 radical (unpaired) electrons. The number of nitrogens with zero attached hydrogens (tertiary/aromatic N) is 1. The first kappa shape index (κ1) is 17.9. The van der Waals surface area contributed by atoms with Crippen LogP contribution in [-0.2, 0) is 14.3 Å². The van der Waals surface area contributed by atoms with Crippen molar-refractivity contribution in [3.05, 3.63) is 59.9 Å². The number of amides is 1. The molecule has 25 heavy (non-hydrogen) atoms. The molecule has 7 heteroatoms. The number of ether oxygens (including phenoxy) is 2. The third-order valence-corrected chi connectivity index (χ3v) is 3.15. The van der Waals surface area contributed by atoms with Gasteiger partial charge in [-0.2, -0.15) is 5.26 Å². The number of esters is 1. The highest BCUT2D eigenvalue weighted by Gasteiger charge is 2.19. The molecular formula is C18H15FN2O4. The number of nitrogens with one attached hydrogen (secondary N) is 1. The van der Waals surface area contributed by atoms with Gasteiger partial charge in [0.25, 0.3) is 5.91 Å². The fourth-order valence-electron chi connectivity index (χ4n) is 1.85. The zero-order chi connectivity index (χ0) is 18.2. The molecule has 1 amide bonds. The van der Waals surface area contributed by atoms with Gasteiger partial charge in [-0.05, 0) is 43.3 Å². The molecule has 0 saturated heterocycles. The van der Waals surface area contributed by atoms with E-state index in [1.165, 1.54) is 25.1 Å². The van der Waals surface area contributed by atoms with E-state index in [-0.39, 0.29) is 5.69 Å². The SMILES string of the molecule is C[C@@H](OC(=O)COc1ccc(C#N)cc1)C(=O)Nc1ccccc1F. The van der Waals surface area contributed by atoms with Gasteiger partial charge >= 0.3 is 5.97 Å². The molecule has 0 bridgehead atoms. The number of hydrogen-bond donors (Lipinski definition) is 1. The molecule has 1 N–H and O–H groups in total. The van der Waals surface area contributed by atoms with Crippen molar-refractivity contribution in [1.29, 1.82) is 5.26 Å². The van der Waals surface area contributed by atoms with Crippen LogP contribution in [0.4, 0.5) is 10.1 Å². The van der Waals surface area contributed by atoms with E-state index in [2.05, 4.69) is 5.32 Å². The minimum Gasteiger partial charge on any atom is -0.482 e. The van der Waals surface area contributed by atoms with Gasteiger partial charge in [0.2, 0.25) is 0 Å².